The fourth-order valence-electron chi connectivity index (χ4n) is 1.93. The maximum absolute atomic E-state index is 6.14. The van der Waals surface area contributed by atoms with Gasteiger partial charge in [-0.05, 0) is 18.2 Å². The van der Waals surface area contributed by atoms with Gasteiger partial charge in [-0.15, -0.1) is 0 Å². The van der Waals surface area contributed by atoms with E-state index in [4.69, 9.17) is 27.9 Å². The number of aromatic nitrogens is 3. The van der Waals surface area contributed by atoms with Crippen molar-refractivity contribution in [1.29, 1.82) is 0 Å². The van der Waals surface area contributed by atoms with Crippen molar-refractivity contribution in [2.75, 3.05) is 7.11 Å². The molecule has 0 atom stereocenters. The molecule has 0 saturated heterocycles. The topological polar surface area (TPSA) is 39.4 Å². The van der Waals surface area contributed by atoms with Crippen molar-refractivity contribution in [1.82, 2.24) is 14.4 Å². The van der Waals surface area contributed by atoms with Crippen LogP contribution in [-0.2, 0) is 0 Å². The summed E-state index contributed by atoms with van der Waals surface area (Å²) >= 11 is 12.1. The molecule has 0 bridgehead atoms. The van der Waals surface area contributed by atoms with E-state index in [0.29, 0.717) is 21.6 Å². The second kappa shape index (κ2) is 4.72. The number of hydrogen-bond donors (Lipinski definition) is 0. The molecule has 0 unspecified atom stereocenters. The lowest BCUT2D eigenvalue weighted by molar-refractivity contribution is 0.415. The van der Waals surface area contributed by atoms with Crippen molar-refractivity contribution in [3.8, 4) is 17.0 Å². The lowest BCUT2D eigenvalue weighted by Gasteiger charge is -2.06. The highest BCUT2D eigenvalue weighted by atomic mass is 35.5. The molecule has 3 rings (SSSR count). The minimum Gasteiger partial charge on any atom is -0.495 e. The molecule has 0 fully saturated rings. The van der Waals surface area contributed by atoms with Crippen LogP contribution in [0.4, 0.5) is 0 Å². The van der Waals surface area contributed by atoms with Crippen molar-refractivity contribution >= 4 is 28.8 Å². The normalized spacial score (nSPS) is 10.9. The number of halogens is 2. The zero-order valence-corrected chi connectivity index (χ0v) is 11.5. The van der Waals surface area contributed by atoms with Crippen LogP contribution in [0.2, 0.25) is 10.2 Å². The zero-order valence-electron chi connectivity index (χ0n) is 9.97. The van der Waals surface area contributed by atoms with E-state index in [1.165, 1.54) is 0 Å². The molecule has 2 heterocycles. The average Bonchev–Trinajstić information content (AvgIpc) is 2.84. The number of imidazole rings is 1. The van der Waals surface area contributed by atoms with Gasteiger partial charge in [0, 0.05) is 18.0 Å². The number of nitrogens with zero attached hydrogens (tertiary/aromatic N) is 3. The first-order valence-electron chi connectivity index (χ1n) is 5.52. The summed E-state index contributed by atoms with van der Waals surface area (Å²) in [5.41, 5.74) is 2.44. The molecule has 0 saturated carbocycles. The van der Waals surface area contributed by atoms with Crippen molar-refractivity contribution < 1.29 is 4.74 Å². The summed E-state index contributed by atoms with van der Waals surface area (Å²) in [5.74, 6) is 0.638. The summed E-state index contributed by atoms with van der Waals surface area (Å²) in [4.78, 5) is 8.26. The molecule has 0 radical (unpaired) electrons. The van der Waals surface area contributed by atoms with Gasteiger partial charge in [0.25, 0.3) is 0 Å². The Morgan fingerprint density at radius 1 is 1.21 bits per heavy atom. The van der Waals surface area contributed by atoms with Gasteiger partial charge in [-0.3, -0.25) is 4.40 Å². The first-order chi connectivity index (χ1) is 9.20. The molecule has 6 heteroatoms. The maximum atomic E-state index is 6.14. The summed E-state index contributed by atoms with van der Waals surface area (Å²) in [6.07, 6.45) is 5.17. The second-order valence-electron chi connectivity index (χ2n) is 3.90. The molecule has 2 aromatic heterocycles. The van der Waals surface area contributed by atoms with E-state index in [2.05, 4.69) is 9.97 Å². The van der Waals surface area contributed by atoms with E-state index in [0.717, 1.165) is 11.3 Å². The molecule has 0 aliphatic carbocycles. The van der Waals surface area contributed by atoms with E-state index < -0.39 is 0 Å². The molecule has 96 valence electrons. The van der Waals surface area contributed by atoms with Crippen LogP contribution in [0.1, 0.15) is 0 Å². The summed E-state index contributed by atoms with van der Waals surface area (Å²) in [6.45, 7) is 0. The number of rotatable bonds is 2. The van der Waals surface area contributed by atoms with Crippen LogP contribution in [-0.4, -0.2) is 21.5 Å². The van der Waals surface area contributed by atoms with E-state index in [1.807, 2.05) is 28.8 Å². The van der Waals surface area contributed by atoms with Gasteiger partial charge in [-0.25, -0.2) is 9.97 Å². The van der Waals surface area contributed by atoms with Crippen LogP contribution in [0.25, 0.3) is 16.9 Å². The fourth-order valence-corrected chi connectivity index (χ4v) is 2.38. The Balaban J connectivity index is 2.19. The van der Waals surface area contributed by atoms with Gasteiger partial charge >= 0.3 is 0 Å². The summed E-state index contributed by atoms with van der Waals surface area (Å²) in [5, 5.41) is 0.920. The van der Waals surface area contributed by atoms with Crippen molar-refractivity contribution in [3.63, 3.8) is 0 Å². The molecule has 1 aromatic carbocycles. The van der Waals surface area contributed by atoms with Crippen LogP contribution in [0.5, 0.6) is 5.75 Å². The predicted octanol–water partition coefficient (Wildman–Crippen LogP) is 3.71. The number of hydrogen-bond acceptors (Lipinski definition) is 3. The minimum absolute atomic E-state index is 0.369. The highest BCUT2D eigenvalue weighted by molar-refractivity contribution is 6.32. The first kappa shape index (κ1) is 12.3. The Morgan fingerprint density at radius 2 is 2.05 bits per heavy atom. The number of benzene rings is 1. The molecule has 4 nitrogen and oxygen atoms in total. The van der Waals surface area contributed by atoms with Crippen molar-refractivity contribution in [3.05, 3.63) is 47.0 Å². The summed E-state index contributed by atoms with van der Waals surface area (Å²) in [7, 11) is 1.58. The summed E-state index contributed by atoms with van der Waals surface area (Å²) in [6, 6.07) is 5.57. The van der Waals surface area contributed by atoms with Crippen LogP contribution in [0.3, 0.4) is 0 Å². The van der Waals surface area contributed by atoms with E-state index in [1.54, 1.807) is 19.5 Å². The predicted molar refractivity (Wildman–Crippen MR) is 75.0 cm³/mol. The molecule has 19 heavy (non-hydrogen) atoms. The quantitative estimate of drug-likeness (QED) is 0.723. The third kappa shape index (κ3) is 2.03. The highest BCUT2D eigenvalue weighted by Crippen LogP contribution is 2.31. The van der Waals surface area contributed by atoms with Gasteiger partial charge in [-0.1, -0.05) is 23.2 Å². The van der Waals surface area contributed by atoms with Crippen molar-refractivity contribution in [2.45, 2.75) is 0 Å². The minimum atomic E-state index is 0.369. The second-order valence-corrected chi connectivity index (χ2v) is 4.67. The molecule has 3 aromatic rings. The summed E-state index contributed by atoms with van der Waals surface area (Å²) < 4.78 is 7.01. The van der Waals surface area contributed by atoms with Gasteiger partial charge in [-0.2, -0.15) is 0 Å². The molecule has 0 amide bonds. The third-order valence-corrected chi connectivity index (χ3v) is 3.39. The largest absolute Gasteiger partial charge is 0.495 e. The Kier molecular flexibility index (Phi) is 3.05. The third-order valence-electron chi connectivity index (χ3n) is 2.83. The van der Waals surface area contributed by atoms with Crippen LogP contribution < -0.4 is 4.74 Å². The monoisotopic (exact) mass is 293 g/mol. The van der Waals surface area contributed by atoms with Crippen LogP contribution >= 0.6 is 23.2 Å². The Morgan fingerprint density at radius 3 is 2.79 bits per heavy atom. The van der Waals surface area contributed by atoms with E-state index in [9.17, 15) is 0 Å². The van der Waals surface area contributed by atoms with Crippen LogP contribution in [0, 0.1) is 0 Å². The van der Waals surface area contributed by atoms with Gasteiger partial charge in [0.1, 0.15) is 5.75 Å². The lowest BCUT2D eigenvalue weighted by Crippen LogP contribution is -1.91. The molecular formula is C13H9Cl2N3O. The number of ether oxygens (including phenoxy) is 1. The highest BCUT2D eigenvalue weighted by Gasteiger charge is 2.10. The molecule has 0 aliphatic heterocycles. The van der Waals surface area contributed by atoms with E-state index in [-0.39, 0.29) is 0 Å². The van der Waals surface area contributed by atoms with Gasteiger partial charge < -0.3 is 4.74 Å². The molecular weight excluding hydrogens is 285 g/mol. The molecule has 0 spiro atoms. The van der Waals surface area contributed by atoms with Gasteiger partial charge in [0.15, 0.2) is 10.8 Å². The van der Waals surface area contributed by atoms with Crippen molar-refractivity contribution in [2.24, 2.45) is 0 Å². The number of methoxy groups -OCH3 is 1. The van der Waals surface area contributed by atoms with Crippen LogP contribution in [0.15, 0.2) is 36.8 Å². The maximum Gasteiger partial charge on any atom is 0.175 e. The molecule has 0 aliphatic rings. The SMILES string of the molecule is COc1ccc(-c2cnc3c(Cl)nccn23)cc1Cl. The zero-order chi connectivity index (χ0) is 13.4. The van der Waals surface area contributed by atoms with E-state index >= 15 is 0 Å². The first-order valence-corrected chi connectivity index (χ1v) is 6.28. The van der Waals surface area contributed by atoms with Gasteiger partial charge in [0.2, 0.25) is 0 Å². The Labute approximate surface area is 119 Å². The number of fused-ring (bicyclic) bond motifs is 1. The lowest BCUT2D eigenvalue weighted by atomic mass is 10.1. The van der Waals surface area contributed by atoms with Gasteiger partial charge in [0.05, 0.1) is 24.0 Å². The average molecular weight is 294 g/mol. The molecule has 0 N–H and O–H groups in total. The Bertz CT molecular complexity index is 755. The standard InChI is InChI=1S/C13H9Cl2N3O/c1-19-11-3-2-8(6-9(11)14)10-7-17-13-12(15)16-4-5-18(10)13/h2-7H,1H3. The fraction of sp³-hybridized carbons (Fsp3) is 0.0769. The Hall–Kier alpha value is -1.78. The smallest absolute Gasteiger partial charge is 0.175 e.